The van der Waals surface area contributed by atoms with Crippen molar-refractivity contribution in [3.8, 4) is 0 Å². The zero-order chi connectivity index (χ0) is 19.9. The molecule has 1 saturated heterocycles. The van der Waals surface area contributed by atoms with Crippen LogP contribution in [0, 0.1) is 6.92 Å². The number of nitrogens with zero attached hydrogens (tertiary/aromatic N) is 5. The highest BCUT2D eigenvalue weighted by Gasteiger charge is 2.36. The fraction of sp³-hybridized carbons (Fsp3) is 0.368. The van der Waals surface area contributed by atoms with Gasteiger partial charge in [0.1, 0.15) is 5.69 Å². The van der Waals surface area contributed by atoms with Gasteiger partial charge in [-0.1, -0.05) is 0 Å². The van der Waals surface area contributed by atoms with Crippen molar-refractivity contribution in [3.63, 3.8) is 0 Å². The number of carbonyl (C=O) groups excluding carboxylic acids is 1. The molecule has 1 amide bonds. The molecule has 1 unspecified atom stereocenters. The minimum absolute atomic E-state index is 0.127. The molecule has 146 valence electrons. The van der Waals surface area contributed by atoms with E-state index in [0.717, 1.165) is 23.4 Å². The van der Waals surface area contributed by atoms with E-state index >= 15 is 0 Å². The van der Waals surface area contributed by atoms with Crippen LogP contribution >= 0.6 is 0 Å². The summed E-state index contributed by atoms with van der Waals surface area (Å²) in [5.41, 5.74) is 0.380. The number of pyridine rings is 1. The Morgan fingerprint density at radius 1 is 1.25 bits per heavy atom. The Hall–Kier alpha value is -2.97. The Balaban J connectivity index is 1.76. The zero-order valence-electron chi connectivity index (χ0n) is 15.1. The molecule has 0 N–H and O–H groups in total. The van der Waals surface area contributed by atoms with Crippen LogP contribution in [-0.4, -0.2) is 36.9 Å². The van der Waals surface area contributed by atoms with Crippen LogP contribution in [0.5, 0.6) is 0 Å². The van der Waals surface area contributed by atoms with E-state index in [1.807, 2.05) is 0 Å². The second kappa shape index (κ2) is 6.88. The molecule has 28 heavy (non-hydrogen) atoms. The van der Waals surface area contributed by atoms with Crippen molar-refractivity contribution >= 4 is 11.6 Å². The molecule has 0 spiro atoms. The number of aromatic nitrogens is 4. The van der Waals surface area contributed by atoms with Crippen molar-refractivity contribution in [1.29, 1.82) is 0 Å². The molecule has 1 aliphatic rings. The first-order chi connectivity index (χ1) is 13.3. The van der Waals surface area contributed by atoms with E-state index in [9.17, 15) is 18.0 Å². The molecule has 0 radical (unpaired) electrons. The first kappa shape index (κ1) is 18.4. The number of likely N-dealkylation sites (tertiary alicyclic amines) is 1. The summed E-state index contributed by atoms with van der Waals surface area (Å²) in [6.45, 7) is 2.03. The molecular weight excluding hydrogens is 371 g/mol. The topological polar surface area (TPSA) is 63.4 Å². The van der Waals surface area contributed by atoms with E-state index in [1.54, 1.807) is 29.3 Å². The van der Waals surface area contributed by atoms with Crippen molar-refractivity contribution in [2.24, 2.45) is 0 Å². The van der Waals surface area contributed by atoms with Gasteiger partial charge >= 0.3 is 6.18 Å². The second-order valence-electron chi connectivity index (χ2n) is 6.87. The third-order valence-electron chi connectivity index (χ3n) is 4.88. The maximum absolute atomic E-state index is 13.4. The summed E-state index contributed by atoms with van der Waals surface area (Å²) < 4.78 is 41.1. The van der Waals surface area contributed by atoms with Gasteiger partial charge in [-0.3, -0.25) is 9.78 Å². The maximum Gasteiger partial charge on any atom is 0.433 e. The summed E-state index contributed by atoms with van der Waals surface area (Å²) in [7, 11) is 0. The lowest BCUT2D eigenvalue weighted by Gasteiger charge is -2.34. The molecule has 3 aromatic rings. The highest BCUT2D eigenvalue weighted by Crippen LogP contribution is 2.34. The quantitative estimate of drug-likeness (QED) is 0.669. The molecule has 0 saturated carbocycles. The van der Waals surface area contributed by atoms with Gasteiger partial charge in [0, 0.05) is 30.7 Å². The number of alkyl halides is 3. The number of piperidine rings is 1. The molecule has 1 fully saturated rings. The first-order valence-corrected chi connectivity index (χ1v) is 9.00. The Kier molecular flexibility index (Phi) is 4.52. The molecule has 4 heterocycles. The van der Waals surface area contributed by atoms with E-state index in [-0.39, 0.29) is 17.2 Å². The van der Waals surface area contributed by atoms with Crippen LogP contribution in [0.25, 0.3) is 5.65 Å². The number of amides is 1. The van der Waals surface area contributed by atoms with Gasteiger partial charge in [0.15, 0.2) is 5.65 Å². The monoisotopic (exact) mass is 389 g/mol. The van der Waals surface area contributed by atoms with Crippen molar-refractivity contribution in [1.82, 2.24) is 24.5 Å². The molecular formula is C19H18F3N5O. The average Bonchev–Trinajstić information content (AvgIpc) is 3.10. The molecule has 6 nitrogen and oxygen atoms in total. The van der Waals surface area contributed by atoms with Crippen molar-refractivity contribution < 1.29 is 18.0 Å². The van der Waals surface area contributed by atoms with Gasteiger partial charge in [0.2, 0.25) is 0 Å². The zero-order valence-corrected chi connectivity index (χ0v) is 15.1. The summed E-state index contributed by atoms with van der Waals surface area (Å²) in [5.74, 6) is -0.199. The minimum atomic E-state index is -4.55. The van der Waals surface area contributed by atoms with Crippen LogP contribution in [0.1, 0.15) is 52.7 Å². The highest BCUT2D eigenvalue weighted by atomic mass is 19.4. The van der Waals surface area contributed by atoms with Gasteiger partial charge in [-0.25, -0.2) is 9.50 Å². The van der Waals surface area contributed by atoms with Crippen molar-refractivity contribution in [2.45, 2.75) is 38.4 Å². The Labute approximate surface area is 159 Å². The summed E-state index contributed by atoms with van der Waals surface area (Å²) in [5, 5.41) is 4.19. The van der Waals surface area contributed by atoms with E-state index < -0.39 is 17.9 Å². The molecule has 0 aromatic carbocycles. The van der Waals surface area contributed by atoms with E-state index in [0.29, 0.717) is 24.2 Å². The van der Waals surface area contributed by atoms with Crippen molar-refractivity contribution in [3.05, 3.63) is 59.3 Å². The summed E-state index contributed by atoms with van der Waals surface area (Å²) in [4.78, 5) is 22.8. The predicted molar refractivity (Wildman–Crippen MR) is 94.6 cm³/mol. The van der Waals surface area contributed by atoms with Crippen molar-refractivity contribution in [2.75, 3.05) is 6.54 Å². The molecule has 1 aliphatic heterocycles. The standard InChI is InChI=1S/C19H18F3N5O/c1-12-9-16(19(20,21)22)27-17(24-12)10-14(25-27)15-6-2-3-8-26(15)18(28)13-5-4-7-23-11-13/h4-5,7,9-11,15H,2-3,6,8H2,1H3. The lowest BCUT2D eigenvalue weighted by Crippen LogP contribution is -2.38. The lowest BCUT2D eigenvalue weighted by atomic mass is 9.98. The van der Waals surface area contributed by atoms with Crippen LogP contribution in [0.4, 0.5) is 13.2 Å². The molecule has 4 rings (SSSR count). The SMILES string of the molecule is Cc1cc(C(F)(F)F)n2nc(C3CCCCN3C(=O)c3cccnc3)cc2n1. The lowest BCUT2D eigenvalue weighted by molar-refractivity contribution is -0.142. The summed E-state index contributed by atoms with van der Waals surface area (Å²) in [6, 6.07) is 5.48. The minimum Gasteiger partial charge on any atom is -0.330 e. The molecule has 0 aliphatic carbocycles. The second-order valence-corrected chi connectivity index (χ2v) is 6.87. The molecule has 9 heteroatoms. The van der Waals surface area contributed by atoms with E-state index in [1.165, 1.54) is 13.1 Å². The Bertz CT molecular complexity index is 1020. The fourth-order valence-electron chi connectivity index (χ4n) is 3.62. The average molecular weight is 389 g/mol. The van der Waals surface area contributed by atoms with Crippen LogP contribution < -0.4 is 0 Å². The normalized spacial score (nSPS) is 17.9. The number of hydrogen-bond donors (Lipinski definition) is 0. The number of rotatable bonds is 2. The van der Waals surface area contributed by atoms with Gasteiger partial charge in [0.25, 0.3) is 5.91 Å². The fourth-order valence-corrected chi connectivity index (χ4v) is 3.62. The Morgan fingerprint density at radius 3 is 2.79 bits per heavy atom. The molecule has 3 aromatic heterocycles. The van der Waals surface area contributed by atoms with Crippen LogP contribution in [0.2, 0.25) is 0 Å². The predicted octanol–water partition coefficient (Wildman–Crippen LogP) is 3.82. The number of halogens is 3. The van der Waals surface area contributed by atoms with Gasteiger partial charge in [-0.15, -0.1) is 0 Å². The van der Waals surface area contributed by atoms with E-state index in [2.05, 4.69) is 15.1 Å². The highest BCUT2D eigenvalue weighted by molar-refractivity contribution is 5.94. The van der Waals surface area contributed by atoms with Gasteiger partial charge in [-0.05, 0) is 44.4 Å². The Morgan fingerprint density at radius 2 is 2.07 bits per heavy atom. The first-order valence-electron chi connectivity index (χ1n) is 9.00. The summed E-state index contributed by atoms with van der Waals surface area (Å²) in [6.07, 6.45) is 0.863. The van der Waals surface area contributed by atoms with Crippen LogP contribution in [-0.2, 0) is 6.18 Å². The smallest absolute Gasteiger partial charge is 0.330 e. The van der Waals surface area contributed by atoms with Gasteiger partial charge in [-0.2, -0.15) is 18.3 Å². The van der Waals surface area contributed by atoms with E-state index in [4.69, 9.17) is 0 Å². The largest absolute Gasteiger partial charge is 0.433 e. The summed E-state index contributed by atoms with van der Waals surface area (Å²) >= 11 is 0. The van der Waals surface area contributed by atoms with Crippen LogP contribution in [0.3, 0.4) is 0 Å². The van der Waals surface area contributed by atoms with Crippen LogP contribution in [0.15, 0.2) is 36.7 Å². The van der Waals surface area contributed by atoms with Gasteiger partial charge in [0.05, 0.1) is 17.3 Å². The third kappa shape index (κ3) is 3.32. The third-order valence-corrected chi connectivity index (χ3v) is 4.88. The van der Waals surface area contributed by atoms with Gasteiger partial charge < -0.3 is 4.90 Å². The maximum atomic E-state index is 13.4. The number of aryl methyl sites for hydroxylation is 1. The molecule has 0 bridgehead atoms. The number of carbonyl (C=O) groups is 1. The number of fused-ring (bicyclic) bond motifs is 1. The number of hydrogen-bond acceptors (Lipinski definition) is 4. The molecule has 1 atom stereocenters.